The maximum atomic E-state index is 15.0. The van der Waals surface area contributed by atoms with Crippen molar-refractivity contribution in [1.82, 2.24) is 19.8 Å². The molecule has 49 heavy (non-hydrogen) atoms. The summed E-state index contributed by atoms with van der Waals surface area (Å²) < 4.78 is 37.7. The van der Waals surface area contributed by atoms with Crippen molar-refractivity contribution in [2.24, 2.45) is 0 Å². The Morgan fingerprint density at radius 3 is 2.29 bits per heavy atom. The lowest BCUT2D eigenvalue weighted by atomic mass is 10.1. The third-order valence-corrected chi connectivity index (χ3v) is 8.34. The minimum atomic E-state index is -0.637. The largest absolute Gasteiger partial charge is 0.497 e. The molecule has 11 nitrogen and oxygen atoms in total. The van der Waals surface area contributed by atoms with E-state index in [9.17, 15) is 4.79 Å². The summed E-state index contributed by atoms with van der Waals surface area (Å²) in [5.41, 5.74) is 3.89. The first-order valence-corrected chi connectivity index (χ1v) is 16.3. The zero-order valence-corrected chi connectivity index (χ0v) is 29.1. The molecule has 260 valence electrons. The average Bonchev–Trinajstić information content (AvgIpc) is 3.08. The van der Waals surface area contributed by atoms with Crippen LogP contribution in [0.1, 0.15) is 28.7 Å². The van der Waals surface area contributed by atoms with Crippen LogP contribution >= 0.6 is 0 Å². The number of hydrogen-bond donors (Lipinski definition) is 1. The van der Waals surface area contributed by atoms with Gasteiger partial charge in [-0.1, -0.05) is 17.7 Å². The lowest BCUT2D eigenvalue weighted by Crippen LogP contribution is -2.44. The van der Waals surface area contributed by atoms with E-state index in [4.69, 9.17) is 18.9 Å². The summed E-state index contributed by atoms with van der Waals surface area (Å²) in [4.78, 5) is 28.9. The van der Waals surface area contributed by atoms with E-state index in [1.165, 1.54) is 17.2 Å². The highest BCUT2D eigenvalue weighted by atomic mass is 19.1. The maximum Gasteiger partial charge on any atom is 0.421 e. The number of aromatic nitrogens is 2. The van der Waals surface area contributed by atoms with Gasteiger partial charge in [-0.2, -0.15) is 4.98 Å². The van der Waals surface area contributed by atoms with E-state index in [1.807, 2.05) is 45.0 Å². The molecule has 1 aromatic heterocycles. The van der Waals surface area contributed by atoms with E-state index in [2.05, 4.69) is 32.1 Å². The zero-order valence-electron chi connectivity index (χ0n) is 29.1. The van der Waals surface area contributed by atoms with Gasteiger partial charge in [-0.05, 0) is 81.3 Å². The number of likely N-dealkylation sites (N-methyl/N-ethyl adjacent to an activating group) is 1. The Labute approximate surface area is 287 Å². The molecule has 0 aliphatic carbocycles. The van der Waals surface area contributed by atoms with Gasteiger partial charge in [0.25, 0.3) is 0 Å². The number of halogens is 1. The first-order valence-electron chi connectivity index (χ1n) is 16.3. The molecular weight excluding hydrogens is 627 g/mol. The van der Waals surface area contributed by atoms with Gasteiger partial charge in [-0.25, -0.2) is 14.2 Å². The number of piperazine rings is 1. The van der Waals surface area contributed by atoms with Crippen molar-refractivity contribution in [3.05, 3.63) is 88.9 Å². The van der Waals surface area contributed by atoms with Crippen molar-refractivity contribution in [3.63, 3.8) is 0 Å². The summed E-state index contributed by atoms with van der Waals surface area (Å²) in [5.74, 6) is 1.75. The molecule has 0 spiro atoms. The minimum Gasteiger partial charge on any atom is -0.497 e. The molecule has 0 atom stereocenters. The van der Waals surface area contributed by atoms with Crippen molar-refractivity contribution in [3.8, 4) is 23.0 Å². The highest BCUT2D eigenvalue weighted by molar-refractivity contribution is 5.88. The van der Waals surface area contributed by atoms with Crippen LogP contribution in [0.25, 0.3) is 0 Å². The third-order valence-electron chi connectivity index (χ3n) is 8.34. The highest BCUT2D eigenvalue weighted by Gasteiger charge is 2.23. The van der Waals surface area contributed by atoms with Crippen LogP contribution in [-0.4, -0.2) is 86.5 Å². The zero-order chi connectivity index (χ0) is 34.9. The van der Waals surface area contributed by atoms with Crippen LogP contribution in [-0.2, 0) is 6.54 Å². The molecule has 1 aliphatic rings. The van der Waals surface area contributed by atoms with Crippen LogP contribution in [0, 0.1) is 26.6 Å². The number of hydrogen-bond acceptors (Lipinski definition) is 10. The molecule has 1 aliphatic heterocycles. The van der Waals surface area contributed by atoms with Gasteiger partial charge in [0.1, 0.15) is 23.1 Å². The Morgan fingerprint density at radius 1 is 0.939 bits per heavy atom. The topological polar surface area (TPSA) is 102 Å². The van der Waals surface area contributed by atoms with E-state index in [0.717, 1.165) is 61.4 Å². The summed E-state index contributed by atoms with van der Waals surface area (Å²) in [6.45, 7) is 11.4. The second-order valence-corrected chi connectivity index (χ2v) is 12.3. The fourth-order valence-corrected chi connectivity index (χ4v) is 5.78. The number of nitrogens with zero attached hydrogens (tertiary/aromatic N) is 5. The van der Waals surface area contributed by atoms with Crippen molar-refractivity contribution >= 4 is 23.5 Å². The number of benzene rings is 3. The molecule has 0 radical (unpaired) electrons. The van der Waals surface area contributed by atoms with Crippen molar-refractivity contribution in [1.29, 1.82) is 0 Å². The maximum absolute atomic E-state index is 15.0. The van der Waals surface area contributed by atoms with E-state index in [1.54, 1.807) is 38.5 Å². The second-order valence-electron chi connectivity index (χ2n) is 12.3. The van der Waals surface area contributed by atoms with E-state index < -0.39 is 11.9 Å². The number of carbonyl (C=O) groups excluding carboxylic acids is 1. The fraction of sp³-hybridized carbons (Fsp3) is 0.378. The lowest BCUT2D eigenvalue weighted by molar-refractivity contribution is 0.145. The molecule has 1 amide bonds. The standard InChI is InChI=1S/C37H45FN6O5/c1-25-18-26(2)35(27(3)19-25)49-37(45)44(24-28-20-30(46-5)23-31(21-28)47-6)34-10-11-39-36(41-34)40-29-8-9-33(32(38)22-29)48-17-7-12-43-15-13-42(4)14-16-43/h8-11,18-23H,7,12-17,24H2,1-6H3,(H,39,40,41). The van der Waals surface area contributed by atoms with E-state index >= 15 is 4.39 Å². The number of ether oxygens (including phenoxy) is 4. The molecule has 2 heterocycles. The first-order chi connectivity index (χ1) is 23.6. The quantitative estimate of drug-likeness (QED) is 0.158. The Kier molecular flexibility index (Phi) is 11.9. The minimum absolute atomic E-state index is 0.0856. The summed E-state index contributed by atoms with van der Waals surface area (Å²) in [7, 11) is 5.26. The van der Waals surface area contributed by atoms with Crippen LogP contribution in [0.15, 0.2) is 60.8 Å². The predicted molar refractivity (Wildman–Crippen MR) is 188 cm³/mol. The Balaban J connectivity index is 1.32. The lowest BCUT2D eigenvalue weighted by Gasteiger charge is -2.32. The second kappa shape index (κ2) is 16.4. The van der Waals surface area contributed by atoms with Crippen LogP contribution in [0.2, 0.25) is 0 Å². The van der Waals surface area contributed by atoms with Gasteiger partial charge in [0, 0.05) is 56.7 Å². The van der Waals surface area contributed by atoms with Gasteiger partial charge in [0.2, 0.25) is 5.95 Å². The third kappa shape index (κ3) is 9.58. The summed E-state index contributed by atoms with van der Waals surface area (Å²) >= 11 is 0. The van der Waals surface area contributed by atoms with Gasteiger partial charge in [-0.15, -0.1) is 0 Å². The molecule has 1 saturated heterocycles. The number of rotatable bonds is 13. The van der Waals surface area contributed by atoms with Crippen molar-refractivity contribution < 1.29 is 28.1 Å². The average molecular weight is 673 g/mol. The first kappa shape index (κ1) is 35.4. The molecule has 1 fully saturated rings. The van der Waals surface area contributed by atoms with Crippen LogP contribution in [0.3, 0.4) is 0 Å². The molecule has 0 unspecified atom stereocenters. The number of carbonyl (C=O) groups is 1. The van der Waals surface area contributed by atoms with Crippen LogP contribution in [0.5, 0.6) is 23.0 Å². The van der Waals surface area contributed by atoms with Gasteiger partial charge in [-0.3, -0.25) is 4.90 Å². The molecule has 1 N–H and O–H groups in total. The fourth-order valence-electron chi connectivity index (χ4n) is 5.78. The molecule has 0 bridgehead atoms. The van der Waals surface area contributed by atoms with Crippen LogP contribution in [0.4, 0.5) is 26.6 Å². The Bertz CT molecular complexity index is 1700. The van der Waals surface area contributed by atoms with Crippen molar-refractivity contribution in [2.45, 2.75) is 33.7 Å². The molecule has 5 rings (SSSR count). The number of methoxy groups -OCH3 is 2. The van der Waals surface area contributed by atoms with E-state index in [0.29, 0.717) is 29.5 Å². The van der Waals surface area contributed by atoms with Gasteiger partial charge >= 0.3 is 6.09 Å². The number of amides is 1. The molecular formula is C37H45FN6O5. The Morgan fingerprint density at radius 2 is 1.63 bits per heavy atom. The number of anilines is 3. The van der Waals surface area contributed by atoms with Gasteiger partial charge < -0.3 is 34.1 Å². The Hall–Kier alpha value is -4.94. The number of nitrogens with one attached hydrogen (secondary N) is 1. The smallest absolute Gasteiger partial charge is 0.421 e. The number of aryl methyl sites for hydroxylation is 3. The SMILES string of the molecule is COc1cc(CN(C(=O)Oc2c(C)cc(C)cc2C)c2ccnc(Nc3ccc(OCCCN4CCN(C)CC4)c(F)c3)n2)cc(OC)c1. The monoisotopic (exact) mass is 672 g/mol. The molecule has 4 aromatic rings. The predicted octanol–water partition coefficient (Wildman–Crippen LogP) is 6.52. The molecule has 12 heteroatoms. The summed E-state index contributed by atoms with van der Waals surface area (Å²) in [6, 6.07) is 15.5. The summed E-state index contributed by atoms with van der Waals surface area (Å²) in [6.07, 6.45) is 1.70. The molecule has 0 saturated carbocycles. The van der Waals surface area contributed by atoms with Crippen molar-refractivity contribution in [2.75, 3.05) is 70.8 Å². The highest BCUT2D eigenvalue weighted by Crippen LogP contribution is 2.29. The summed E-state index contributed by atoms with van der Waals surface area (Å²) in [5, 5.41) is 3.05. The molecule has 3 aromatic carbocycles. The normalized spacial score (nSPS) is 13.5. The van der Waals surface area contributed by atoms with Gasteiger partial charge in [0.05, 0.1) is 27.4 Å². The van der Waals surface area contributed by atoms with Crippen LogP contribution < -0.4 is 29.2 Å². The van der Waals surface area contributed by atoms with Gasteiger partial charge in [0.15, 0.2) is 11.6 Å². The van der Waals surface area contributed by atoms with E-state index in [-0.39, 0.29) is 24.1 Å².